The van der Waals surface area contributed by atoms with Gasteiger partial charge in [-0.2, -0.15) is 4.99 Å². The van der Waals surface area contributed by atoms with Gasteiger partial charge in [-0.25, -0.2) is 0 Å². The van der Waals surface area contributed by atoms with Gasteiger partial charge in [0.15, 0.2) is 5.96 Å². The number of fused-ring (bicyclic) bond motifs is 1. The quantitative estimate of drug-likeness (QED) is 0.340. The number of anilines is 1. The lowest BCUT2D eigenvalue weighted by Crippen LogP contribution is -2.33. The molecule has 8 heteroatoms. The zero-order valence-corrected chi connectivity index (χ0v) is 15.5. The number of rotatable bonds is 7. The second-order valence-corrected chi connectivity index (χ2v) is 6.07. The summed E-state index contributed by atoms with van der Waals surface area (Å²) in [6.45, 7) is 5.33. The Morgan fingerprint density at radius 1 is 1.31 bits per heavy atom. The standard InChI is InChI=1S/C18H27N7O/c1-12(2)24-18(25-17(19)20)23-9-5-8-21-15-11-14(26-3)10-13-6-4-7-22-16(13)15/h4,6-7,10-12,21H,5,8-9H2,1-3H3,(H5,19,20,23,24,25). The van der Waals surface area contributed by atoms with Crippen molar-refractivity contribution in [3.8, 4) is 5.75 Å². The van der Waals surface area contributed by atoms with Gasteiger partial charge in [-0.15, -0.1) is 0 Å². The Balaban J connectivity index is 1.98. The molecule has 0 saturated heterocycles. The molecule has 8 nitrogen and oxygen atoms in total. The van der Waals surface area contributed by atoms with E-state index in [2.05, 4.69) is 25.6 Å². The average Bonchev–Trinajstić information content (AvgIpc) is 2.59. The number of guanidine groups is 2. The van der Waals surface area contributed by atoms with Crippen molar-refractivity contribution in [2.24, 2.45) is 21.5 Å². The maximum Gasteiger partial charge on any atom is 0.221 e. The lowest BCUT2D eigenvalue weighted by atomic mass is 10.1. The fourth-order valence-electron chi connectivity index (χ4n) is 2.40. The molecule has 0 unspecified atom stereocenters. The normalized spacial score (nSPS) is 11.5. The zero-order valence-electron chi connectivity index (χ0n) is 15.5. The van der Waals surface area contributed by atoms with Gasteiger partial charge in [0.05, 0.1) is 18.3 Å². The van der Waals surface area contributed by atoms with Crippen LogP contribution in [-0.2, 0) is 0 Å². The van der Waals surface area contributed by atoms with Crippen molar-refractivity contribution in [2.45, 2.75) is 26.3 Å². The summed E-state index contributed by atoms with van der Waals surface area (Å²) in [5, 5.41) is 7.55. The molecule has 0 aliphatic rings. The van der Waals surface area contributed by atoms with Crippen LogP contribution in [0.1, 0.15) is 20.3 Å². The molecule has 0 aliphatic carbocycles. The van der Waals surface area contributed by atoms with Gasteiger partial charge in [0.25, 0.3) is 0 Å². The minimum atomic E-state index is -0.0102. The largest absolute Gasteiger partial charge is 0.497 e. The highest BCUT2D eigenvalue weighted by atomic mass is 16.5. The third-order valence-electron chi connectivity index (χ3n) is 3.48. The van der Waals surface area contributed by atoms with Gasteiger partial charge in [0.2, 0.25) is 5.96 Å². The van der Waals surface area contributed by atoms with Crippen molar-refractivity contribution >= 4 is 28.5 Å². The third kappa shape index (κ3) is 5.80. The van der Waals surface area contributed by atoms with Crippen LogP contribution in [0.25, 0.3) is 10.9 Å². The Labute approximate surface area is 153 Å². The van der Waals surface area contributed by atoms with Gasteiger partial charge < -0.3 is 26.8 Å². The maximum atomic E-state index is 5.43. The van der Waals surface area contributed by atoms with Crippen LogP contribution < -0.4 is 26.8 Å². The number of methoxy groups -OCH3 is 1. The van der Waals surface area contributed by atoms with Crippen LogP contribution in [0.5, 0.6) is 5.75 Å². The monoisotopic (exact) mass is 357 g/mol. The molecule has 0 spiro atoms. The minimum Gasteiger partial charge on any atom is -0.497 e. The molecule has 2 aromatic rings. The summed E-state index contributed by atoms with van der Waals surface area (Å²) < 4.78 is 5.36. The van der Waals surface area contributed by atoms with E-state index in [1.165, 1.54) is 0 Å². The van der Waals surface area contributed by atoms with Crippen LogP contribution in [0.3, 0.4) is 0 Å². The molecule has 0 fully saturated rings. The molecule has 0 aliphatic heterocycles. The molecule has 0 saturated carbocycles. The molecule has 2 rings (SSSR count). The van der Waals surface area contributed by atoms with E-state index < -0.39 is 0 Å². The Kier molecular flexibility index (Phi) is 7.02. The van der Waals surface area contributed by atoms with E-state index in [0.29, 0.717) is 12.5 Å². The van der Waals surface area contributed by atoms with Gasteiger partial charge in [-0.3, -0.25) is 9.98 Å². The predicted molar refractivity (Wildman–Crippen MR) is 108 cm³/mol. The molecule has 0 amide bonds. The fourth-order valence-corrected chi connectivity index (χ4v) is 2.40. The van der Waals surface area contributed by atoms with Crippen LogP contribution in [0, 0.1) is 0 Å². The molecule has 0 bridgehead atoms. The number of nitrogens with one attached hydrogen (secondary N) is 2. The van der Waals surface area contributed by atoms with Crippen LogP contribution in [0.15, 0.2) is 40.4 Å². The number of benzene rings is 1. The smallest absolute Gasteiger partial charge is 0.221 e. The number of ether oxygens (including phenoxy) is 1. The van der Waals surface area contributed by atoms with Crippen molar-refractivity contribution in [1.82, 2.24) is 10.3 Å². The molecule has 140 valence electrons. The van der Waals surface area contributed by atoms with Crippen molar-refractivity contribution in [1.29, 1.82) is 0 Å². The van der Waals surface area contributed by atoms with E-state index in [1.807, 2.05) is 38.1 Å². The number of nitrogens with zero attached hydrogens (tertiary/aromatic N) is 3. The molecule has 0 radical (unpaired) electrons. The molecule has 1 aromatic heterocycles. The first-order valence-corrected chi connectivity index (χ1v) is 8.57. The summed E-state index contributed by atoms with van der Waals surface area (Å²) in [5.41, 5.74) is 12.7. The Morgan fingerprint density at radius 2 is 2.12 bits per heavy atom. The van der Waals surface area contributed by atoms with Gasteiger partial charge in [-0.1, -0.05) is 6.07 Å². The van der Waals surface area contributed by atoms with E-state index in [1.54, 1.807) is 13.3 Å². The van der Waals surface area contributed by atoms with Crippen LogP contribution >= 0.6 is 0 Å². The topological polar surface area (TPSA) is 123 Å². The van der Waals surface area contributed by atoms with Crippen LogP contribution in [0.4, 0.5) is 5.69 Å². The number of aliphatic imine (C=N–C) groups is 2. The average molecular weight is 357 g/mol. The second kappa shape index (κ2) is 9.45. The van der Waals surface area contributed by atoms with Crippen molar-refractivity contribution in [2.75, 3.05) is 25.5 Å². The summed E-state index contributed by atoms with van der Waals surface area (Å²) in [6, 6.07) is 8.04. The van der Waals surface area contributed by atoms with Crippen molar-refractivity contribution in [3.63, 3.8) is 0 Å². The summed E-state index contributed by atoms with van der Waals surface area (Å²) in [5.74, 6) is 1.24. The molecule has 26 heavy (non-hydrogen) atoms. The van der Waals surface area contributed by atoms with Crippen LogP contribution in [-0.4, -0.2) is 43.1 Å². The second-order valence-electron chi connectivity index (χ2n) is 6.07. The lowest BCUT2D eigenvalue weighted by Gasteiger charge is -2.11. The molecule has 0 atom stereocenters. The molecule has 6 N–H and O–H groups in total. The summed E-state index contributed by atoms with van der Waals surface area (Å²) in [4.78, 5) is 12.9. The fraction of sp³-hybridized carbons (Fsp3) is 0.389. The SMILES string of the molecule is COc1cc(NCCCN=C(N=C(N)N)NC(C)C)c2ncccc2c1. The highest BCUT2D eigenvalue weighted by Gasteiger charge is 2.05. The van der Waals surface area contributed by atoms with Gasteiger partial charge in [0, 0.05) is 36.8 Å². The number of nitrogens with two attached hydrogens (primary N) is 2. The Morgan fingerprint density at radius 3 is 2.81 bits per heavy atom. The number of aromatic nitrogens is 1. The van der Waals surface area contributed by atoms with Crippen molar-refractivity contribution in [3.05, 3.63) is 30.5 Å². The Hall–Kier alpha value is -3.03. The minimum absolute atomic E-state index is 0.0102. The van der Waals surface area contributed by atoms with Crippen molar-refractivity contribution < 1.29 is 4.74 Å². The first-order chi connectivity index (χ1) is 12.5. The van der Waals surface area contributed by atoms with E-state index in [9.17, 15) is 0 Å². The molecular formula is C18H27N7O. The van der Waals surface area contributed by atoms with E-state index in [0.717, 1.165) is 35.3 Å². The number of hydrogen-bond acceptors (Lipinski definition) is 4. The zero-order chi connectivity index (χ0) is 18.9. The molecule has 1 aromatic carbocycles. The van der Waals surface area contributed by atoms with E-state index >= 15 is 0 Å². The van der Waals surface area contributed by atoms with Gasteiger partial charge in [-0.05, 0) is 32.4 Å². The summed E-state index contributed by atoms with van der Waals surface area (Å²) in [6.07, 6.45) is 2.60. The lowest BCUT2D eigenvalue weighted by molar-refractivity contribution is 0.415. The van der Waals surface area contributed by atoms with E-state index in [-0.39, 0.29) is 12.0 Å². The number of hydrogen-bond donors (Lipinski definition) is 4. The van der Waals surface area contributed by atoms with Gasteiger partial charge in [0.1, 0.15) is 5.75 Å². The maximum absolute atomic E-state index is 5.43. The van der Waals surface area contributed by atoms with E-state index in [4.69, 9.17) is 16.2 Å². The molecule has 1 heterocycles. The summed E-state index contributed by atoms with van der Waals surface area (Å²) >= 11 is 0. The first kappa shape index (κ1) is 19.3. The molecular weight excluding hydrogens is 330 g/mol. The number of pyridine rings is 1. The highest BCUT2D eigenvalue weighted by Crippen LogP contribution is 2.27. The summed E-state index contributed by atoms with van der Waals surface area (Å²) in [7, 11) is 1.66. The predicted octanol–water partition coefficient (Wildman–Crippen LogP) is 1.67. The first-order valence-electron chi connectivity index (χ1n) is 8.57. The highest BCUT2D eigenvalue weighted by molar-refractivity contribution is 5.93. The van der Waals surface area contributed by atoms with Gasteiger partial charge >= 0.3 is 0 Å². The third-order valence-corrected chi connectivity index (χ3v) is 3.48. The Bertz CT molecular complexity index is 782. The van der Waals surface area contributed by atoms with Crippen LogP contribution in [0.2, 0.25) is 0 Å².